The zero-order chi connectivity index (χ0) is 12.8. The summed E-state index contributed by atoms with van der Waals surface area (Å²) < 4.78 is 5.66. The lowest BCUT2D eigenvalue weighted by molar-refractivity contribution is 0.0978. The summed E-state index contributed by atoms with van der Waals surface area (Å²) in [5, 5.41) is 18.3. The lowest BCUT2D eigenvalue weighted by Crippen LogP contribution is -2.43. The molecule has 1 aromatic heterocycles. The summed E-state index contributed by atoms with van der Waals surface area (Å²) >= 11 is 0. The van der Waals surface area contributed by atoms with Gasteiger partial charge in [0, 0.05) is 18.0 Å². The van der Waals surface area contributed by atoms with Crippen molar-refractivity contribution >= 4 is 6.09 Å². The fourth-order valence-corrected chi connectivity index (χ4v) is 2.31. The van der Waals surface area contributed by atoms with E-state index in [1.807, 2.05) is 6.07 Å². The molecule has 1 spiro atoms. The van der Waals surface area contributed by atoms with E-state index < -0.39 is 11.6 Å². The third-order valence-electron chi connectivity index (χ3n) is 3.54. The van der Waals surface area contributed by atoms with Gasteiger partial charge in [0.25, 0.3) is 0 Å². The summed E-state index contributed by atoms with van der Waals surface area (Å²) in [6, 6.07) is 2.02. The Morgan fingerprint density at radius 2 is 2.33 bits per heavy atom. The van der Waals surface area contributed by atoms with Crippen molar-refractivity contribution in [3.63, 3.8) is 0 Å². The molecule has 0 radical (unpaired) electrons. The average molecular weight is 245 g/mol. The van der Waals surface area contributed by atoms with E-state index in [0.717, 1.165) is 12.8 Å². The third-order valence-corrected chi connectivity index (χ3v) is 3.54. The number of hydrogen-bond donors (Lipinski definition) is 1. The highest BCUT2D eigenvalue weighted by Crippen LogP contribution is 2.45. The third kappa shape index (κ3) is 1.48. The van der Waals surface area contributed by atoms with Crippen LogP contribution in [0.1, 0.15) is 24.0 Å². The Balaban J connectivity index is 2.04. The van der Waals surface area contributed by atoms with Gasteiger partial charge in [-0.3, -0.25) is 9.88 Å². The molecule has 1 N–H and O–H groups in total. The number of ether oxygens (including phenoxy) is 1. The van der Waals surface area contributed by atoms with E-state index in [9.17, 15) is 9.90 Å². The van der Waals surface area contributed by atoms with Crippen LogP contribution in [0.5, 0.6) is 5.75 Å². The van der Waals surface area contributed by atoms with Crippen molar-refractivity contribution in [3.8, 4) is 11.8 Å². The van der Waals surface area contributed by atoms with Gasteiger partial charge in [-0.1, -0.05) is 0 Å². The molecule has 1 aromatic rings. The maximum atomic E-state index is 11.3. The zero-order valence-corrected chi connectivity index (χ0v) is 9.59. The molecular weight excluding hydrogens is 234 g/mol. The van der Waals surface area contributed by atoms with E-state index in [1.165, 1.54) is 11.1 Å². The van der Waals surface area contributed by atoms with Crippen molar-refractivity contribution in [1.82, 2.24) is 9.88 Å². The number of nitrogens with zero attached hydrogens (tertiary/aromatic N) is 3. The molecule has 2 aliphatic rings. The smallest absolute Gasteiger partial charge is 0.408 e. The fourth-order valence-electron chi connectivity index (χ4n) is 2.31. The molecule has 6 heteroatoms. The number of rotatable bonds is 0. The van der Waals surface area contributed by atoms with E-state index in [0.29, 0.717) is 23.5 Å². The van der Waals surface area contributed by atoms with Crippen molar-refractivity contribution in [3.05, 3.63) is 23.5 Å². The van der Waals surface area contributed by atoms with Crippen LogP contribution in [0.15, 0.2) is 12.4 Å². The first-order valence-electron chi connectivity index (χ1n) is 5.67. The number of amides is 1. The monoisotopic (exact) mass is 245 g/mol. The first-order valence-corrected chi connectivity index (χ1v) is 5.67. The molecule has 6 nitrogen and oxygen atoms in total. The van der Waals surface area contributed by atoms with Gasteiger partial charge < -0.3 is 9.84 Å². The van der Waals surface area contributed by atoms with Crippen LogP contribution in [0.4, 0.5) is 4.79 Å². The van der Waals surface area contributed by atoms with Gasteiger partial charge in [-0.05, 0) is 12.8 Å². The molecule has 1 amide bonds. The summed E-state index contributed by atoms with van der Waals surface area (Å²) in [5.74, 6) is 0.475. The van der Waals surface area contributed by atoms with Crippen LogP contribution in [0.3, 0.4) is 0 Å². The second-order valence-corrected chi connectivity index (χ2v) is 4.67. The second kappa shape index (κ2) is 3.60. The highest BCUT2D eigenvalue weighted by molar-refractivity contribution is 5.67. The van der Waals surface area contributed by atoms with Gasteiger partial charge in [-0.15, -0.1) is 0 Å². The zero-order valence-electron chi connectivity index (χ0n) is 9.59. The number of carboxylic acid groups (broad SMARTS) is 1. The van der Waals surface area contributed by atoms with Gasteiger partial charge in [-0.2, -0.15) is 5.26 Å². The van der Waals surface area contributed by atoms with Crippen molar-refractivity contribution < 1.29 is 14.6 Å². The van der Waals surface area contributed by atoms with Gasteiger partial charge in [0.2, 0.25) is 0 Å². The number of nitriles is 1. The fraction of sp³-hybridized carbons (Fsp3) is 0.417. The Hall–Kier alpha value is -2.29. The Bertz CT molecular complexity index is 560. The molecule has 92 valence electrons. The minimum atomic E-state index is -0.952. The second-order valence-electron chi connectivity index (χ2n) is 4.67. The van der Waals surface area contributed by atoms with Crippen molar-refractivity contribution in [2.24, 2.45) is 0 Å². The summed E-state index contributed by atoms with van der Waals surface area (Å²) in [6.07, 6.45) is 3.67. The molecule has 0 saturated heterocycles. The standard InChI is InChI=1S/C12H11N3O3/c13-3-8-4-14-5-9-6-15(11(16)17)12(1-2-12)7-18-10(8)9/h4-5H,1-2,6-7H2,(H,16,17). The van der Waals surface area contributed by atoms with Crippen LogP contribution >= 0.6 is 0 Å². The van der Waals surface area contributed by atoms with E-state index in [1.54, 1.807) is 6.20 Å². The lowest BCUT2D eigenvalue weighted by atomic mass is 10.1. The Labute approximate surface area is 103 Å². The van der Waals surface area contributed by atoms with Crippen LogP contribution in [-0.4, -0.2) is 33.2 Å². The predicted octanol–water partition coefficient (Wildman–Crippen LogP) is 1.36. The molecule has 0 unspecified atom stereocenters. The Morgan fingerprint density at radius 3 is 2.94 bits per heavy atom. The van der Waals surface area contributed by atoms with Crippen LogP contribution < -0.4 is 4.74 Å². The van der Waals surface area contributed by atoms with Gasteiger partial charge in [0.1, 0.15) is 24.0 Å². The molecule has 1 saturated carbocycles. The van der Waals surface area contributed by atoms with Gasteiger partial charge >= 0.3 is 6.09 Å². The molecule has 3 rings (SSSR count). The Kier molecular flexibility index (Phi) is 2.17. The Morgan fingerprint density at radius 1 is 1.56 bits per heavy atom. The van der Waals surface area contributed by atoms with Gasteiger partial charge in [0.05, 0.1) is 12.1 Å². The first kappa shape index (κ1) is 10.8. The number of hydrogen-bond acceptors (Lipinski definition) is 4. The summed E-state index contributed by atoms with van der Waals surface area (Å²) in [6.45, 7) is 0.540. The molecule has 2 heterocycles. The number of carbonyl (C=O) groups is 1. The van der Waals surface area contributed by atoms with Crippen LogP contribution in [0.2, 0.25) is 0 Å². The van der Waals surface area contributed by atoms with Crippen LogP contribution in [0, 0.1) is 11.3 Å². The number of aromatic nitrogens is 1. The number of pyridine rings is 1. The van der Waals surface area contributed by atoms with Crippen LogP contribution in [0.25, 0.3) is 0 Å². The van der Waals surface area contributed by atoms with Crippen molar-refractivity contribution in [1.29, 1.82) is 5.26 Å². The molecule has 0 aromatic carbocycles. The molecule has 18 heavy (non-hydrogen) atoms. The maximum Gasteiger partial charge on any atom is 0.408 e. The molecule has 1 fully saturated rings. The summed E-state index contributed by atoms with van der Waals surface area (Å²) in [7, 11) is 0. The minimum Gasteiger partial charge on any atom is -0.489 e. The van der Waals surface area contributed by atoms with E-state index in [-0.39, 0.29) is 6.54 Å². The molecule has 1 aliphatic carbocycles. The summed E-state index contributed by atoms with van der Waals surface area (Å²) in [4.78, 5) is 16.7. The topological polar surface area (TPSA) is 86.5 Å². The van der Waals surface area contributed by atoms with Crippen molar-refractivity contribution in [2.75, 3.05) is 6.61 Å². The SMILES string of the molecule is N#Cc1cncc2c1OCC1(CC1)N(C(=O)O)C2. The van der Waals surface area contributed by atoms with Gasteiger partial charge in [-0.25, -0.2) is 4.79 Å². The molecule has 0 bridgehead atoms. The minimum absolute atomic E-state index is 0.229. The largest absolute Gasteiger partial charge is 0.489 e. The lowest BCUT2D eigenvalue weighted by Gasteiger charge is -2.25. The van der Waals surface area contributed by atoms with E-state index in [2.05, 4.69) is 4.98 Å². The first-order chi connectivity index (χ1) is 8.66. The molecular formula is C12H11N3O3. The highest BCUT2D eigenvalue weighted by atomic mass is 16.5. The highest BCUT2D eigenvalue weighted by Gasteiger charge is 2.52. The maximum absolute atomic E-state index is 11.3. The van der Waals surface area contributed by atoms with E-state index >= 15 is 0 Å². The molecule has 0 atom stereocenters. The average Bonchev–Trinajstić information content (AvgIpc) is 3.16. The van der Waals surface area contributed by atoms with Crippen LogP contribution in [-0.2, 0) is 6.54 Å². The predicted molar refractivity (Wildman–Crippen MR) is 60.0 cm³/mol. The van der Waals surface area contributed by atoms with Gasteiger partial charge in [0.15, 0.2) is 0 Å². The molecule has 1 aliphatic heterocycles. The normalized spacial score (nSPS) is 19.4. The number of fused-ring (bicyclic) bond motifs is 1. The van der Waals surface area contributed by atoms with E-state index in [4.69, 9.17) is 10.00 Å². The quantitative estimate of drug-likeness (QED) is 0.745. The summed E-state index contributed by atoms with van der Waals surface area (Å²) in [5.41, 5.74) is 0.605. The van der Waals surface area contributed by atoms with Crippen molar-refractivity contribution in [2.45, 2.75) is 24.9 Å².